The summed E-state index contributed by atoms with van der Waals surface area (Å²) in [5.74, 6) is 0. The van der Waals surface area contributed by atoms with E-state index in [0.717, 1.165) is 5.39 Å². The van der Waals surface area contributed by atoms with E-state index in [1.165, 1.54) is 6.07 Å². The van der Waals surface area contributed by atoms with Crippen LogP contribution in [-0.4, -0.2) is 8.42 Å². The molecule has 2 rings (SSSR count). The molecular formula is C10H8ClNO2S. The average molecular weight is 242 g/mol. The molecule has 15 heavy (non-hydrogen) atoms. The summed E-state index contributed by atoms with van der Waals surface area (Å²) in [7, 11) is 1.48. The zero-order valence-corrected chi connectivity index (χ0v) is 9.22. The Labute approximate surface area is 91.9 Å². The summed E-state index contributed by atoms with van der Waals surface area (Å²) >= 11 is 0. The van der Waals surface area contributed by atoms with Crippen LogP contribution in [0.1, 0.15) is 0 Å². The van der Waals surface area contributed by atoms with Crippen molar-refractivity contribution in [2.75, 3.05) is 5.73 Å². The van der Waals surface area contributed by atoms with Gasteiger partial charge in [-0.15, -0.1) is 0 Å². The highest BCUT2D eigenvalue weighted by Gasteiger charge is 2.15. The normalized spacial score (nSPS) is 11.8. The quantitative estimate of drug-likeness (QED) is 0.616. The van der Waals surface area contributed by atoms with Crippen molar-refractivity contribution in [3.8, 4) is 0 Å². The van der Waals surface area contributed by atoms with Gasteiger partial charge in [-0.05, 0) is 11.5 Å². The molecule has 0 aliphatic carbocycles. The van der Waals surface area contributed by atoms with E-state index in [-0.39, 0.29) is 10.6 Å². The van der Waals surface area contributed by atoms with E-state index in [1.54, 1.807) is 18.2 Å². The number of rotatable bonds is 1. The topological polar surface area (TPSA) is 60.2 Å². The Bertz CT molecular complexity index is 622. The van der Waals surface area contributed by atoms with E-state index in [9.17, 15) is 8.42 Å². The first-order valence-electron chi connectivity index (χ1n) is 4.22. The first-order valence-corrected chi connectivity index (χ1v) is 6.53. The van der Waals surface area contributed by atoms with Crippen molar-refractivity contribution >= 4 is 36.2 Å². The molecule has 0 bridgehead atoms. The van der Waals surface area contributed by atoms with Crippen molar-refractivity contribution in [1.82, 2.24) is 0 Å². The molecule has 0 amide bonds. The van der Waals surface area contributed by atoms with Crippen LogP contribution in [0.3, 0.4) is 0 Å². The molecule has 5 heteroatoms. The van der Waals surface area contributed by atoms with Gasteiger partial charge in [-0.25, -0.2) is 8.42 Å². The summed E-state index contributed by atoms with van der Waals surface area (Å²) in [6.07, 6.45) is 0. The van der Waals surface area contributed by atoms with E-state index in [4.69, 9.17) is 16.4 Å². The van der Waals surface area contributed by atoms with Crippen LogP contribution >= 0.6 is 10.7 Å². The lowest BCUT2D eigenvalue weighted by Gasteiger charge is -2.05. The fourth-order valence-corrected chi connectivity index (χ4v) is 2.50. The average Bonchev–Trinajstić information content (AvgIpc) is 2.16. The zero-order chi connectivity index (χ0) is 11.1. The van der Waals surface area contributed by atoms with Gasteiger partial charge in [0.25, 0.3) is 9.05 Å². The third kappa shape index (κ3) is 1.78. The Morgan fingerprint density at radius 2 is 1.73 bits per heavy atom. The molecule has 0 saturated carbocycles. The van der Waals surface area contributed by atoms with E-state index < -0.39 is 9.05 Å². The molecule has 78 valence electrons. The number of benzene rings is 2. The van der Waals surface area contributed by atoms with Crippen LogP contribution in [0.15, 0.2) is 41.3 Å². The second-order valence-electron chi connectivity index (χ2n) is 3.14. The lowest BCUT2D eigenvalue weighted by atomic mass is 10.1. The Hall–Kier alpha value is -1.26. The van der Waals surface area contributed by atoms with Gasteiger partial charge >= 0.3 is 0 Å². The second-order valence-corrected chi connectivity index (χ2v) is 5.67. The Morgan fingerprint density at radius 3 is 2.40 bits per heavy atom. The summed E-state index contributed by atoms with van der Waals surface area (Å²) in [5.41, 5.74) is 5.94. The summed E-state index contributed by atoms with van der Waals surface area (Å²) in [6, 6.07) is 10.4. The maximum absolute atomic E-state index is 11.2. The second kappa shape index (κ2) is 3.40. The number of fused-ring (bicyclic) bond motifs is 1. The van der Waals surface area contributed by atoms with Gasteiger partial charge in [0.1, 0.15) is 4.90 Å². The minimum absolute atomic E-state index is 0.0390. The predicted octanol–water partition coefficient (Wildman–Crippen LogP) is 2.35. The molecule has 0 unspecified atom stereocenters. The molecule has 0 aliphatic heterocycles. The van der Waals surface area contributed by atoms with E-state index in [1.807, 2.05) is 12.1 Å². The highest BCUT2D eigenvalue weighted by Crippen LogP contribution is 2.29. The van der Waals surface area contributed by atoms with Crippen LogP contribution in [-0.2, 0) is 9.05 Å². The van der Waals surface area contributed by atoms with Crippen molar-refractivity contribution in [1.29, 1.82) is 0 Å². The zero-order valence-electron chi connectivity index (χ0n) is 7.64. The highest BCUT2D eigenvalue weighted by molar-refractivity contribution is 8.13. The van der Waals surface area contributed by atoms with E-state index in [0.29, 0.717) is 5.39 Å². The summed E-state index contributed by atoms with van der Waals surface area (Å²) in [5, 5.41) is 1.58. The largest absolute Gasteiger partial charge is 0.397 e. The maximum atomic E-state index is 11.2. The van der Waals surface area contributed by atoms with Gasteiger partial charge < -0.3 is 5.73 Å². The fraction of sp³-hybridized carbons (Fsp3) is 0. The van der Waals surface area contributed by atoms with Crippen molar-refractivity contribution in [3.05, 3.63) is 36.4 Å². The molecule has 3 nitrogen and oxygen atoms in total. The number of halogens is 1. The molecule has 0 fully saturated rings. The minimum Gasteiger partial charge on any atom is -0.397 e. The van der Waals surface area contributed by atoms with Gasteiger partial charge in [0.2, 0.25) is 0 Å². The number of nitrogen functional groups attached to an aromatic ring is 1. The molecule has 0 radical (unpaired) electrons. The lowest BCUT2D eigenvalue weighted by Crippen LogP contribution is -1.98. The van der Waals surface area contributed by atoms with Crippen LogP contribution in [0, 0.1) is 0 Å². The van der Waals surface area contributed by atoms with Crippen LogP contribution < -0.4 is 5.73 Å². The van der Waals surface area contributed by atoms with E-state index >= 15 is 0 Å². The van der Waals surface area contributed by atoms with Crippen molar-refractivity contribution in [2.24, 2.45) is 0 Å². The molecule has 0 saturated heterocycles. The van der Waals surface area contributed by atoms with Gasteiger partial charge in [0.05, 0.1) is 5.69 Å². The standard InChI is InChI=1S/C10H8ClNO2S/c11-15(13,14)9-6-5-7-3-1-2-4-8(7)10(9)12/h1-6H,12H2. The van der Waals surface area contributed by atoms with Crippen molar-refractivity contribution in [2.45, 2.75) is 4.90 Å². The molecule has 2 aromatic rings. The van der Waals surface area contributed by atoms with Crippen molar-refractivity contribution in [3.63, 3.8) is 0 Å². The lowest BCUT2D eigenvalue weighted by molar-refractivity contribution is 0.610. The molecular weight excluding hydrogens is 234 g/mol. The Kier molecular flexibility index (Phi) is 2.32. The van der Waals surface area contributed by atoms with Crippen LogP contribution in [0.2, 0.25) is 0 Å². The third-order valence-corrected chi connectivity index (χ3v) is 3.57. The molecule has 2 N–H and O–H groups in total. The summed E-state index contributed by atoms with van der Waals surface area (Å²) in [4.78, 5) is -0.0390. The smallest absolute Gasteiger partial charge is 0.263 e. The van der Waals surface area contributed by atoms with Gasteiger partial charge in [0.15, 0.2) is 0 Å². The predicted molar refractivity (Wildman–Crippen MR) is 61.4 cm³/mol. The number of hydrogen-bond acceptors (Lipinski definition) is 3. The SMILES string of the molecule is Nc1c(S(=O)(=O)Cl)ccc2ccccc12. The number of hydrogen-bond donors (Lipinski definition) is 1. The molecule has 2 aromatic carbocycles. The first kappa shape index (κ1) is 10.3. The fourth-order valence-electron chi connectivity index (χ4n) is 1.49. The maximum Gasteiger partial charge on any atom is 0.263 e. The van der Waals surface area contributed by atoms with Gasteiger partial charge in [-0.1, -0.05) is 30.3 Å². The number of anilines is 1. The third-order valence-electron chi connectivity index (χ3n) is 2.19. The monoisotopic (exact) mass is 241 g/mol. The number of nitrogens with two attached hydrogens (primary N) is 1. The molecule has 0 atom stereocenters. The van der Waals surface area contributed by atoms with Crippen LogP contribution in [0.4, 0.5) is 5.69 Å². The summed E-state index contributed by atoms with van der Waals surface area (Å²) in [6.45, 7) is 0. The van der Waals surface area contributed by atoms with Crippen LogP contribution in [0.25, 0.3) is 10.8 Å². The molecule has 0 spiro atoms. The van der Waals surface area contributed by atoms with Crippen molar-refractivity contribution < 1.29 is 8.42 Å². The highest BCUT2D eigenvalue weighted by atomic mass is 35.7. The van der Waals surface area contributed by atoms with Crippen LogP contribution in [0.5, 0.6) is 0 Å². The Balaban J connectivity index is 2.88. The van der Waals surface area contributed by atoms with E-state index in [2.05, 4.69) is 0 Å². The molecule has 0 heterocycles. The molecule has 0 aromatic heterocycles. The minimum atomic E-state index is -3.78. The van der Waals surface area contributed by atoms with Gasteiger partial charge in [-0.2, -0.15) is 0 Å². The first-order chi connectivity index (χ1) is 7.00. The van der Waals surface area contributed by atoms with Gasteiger partial charge in [0, 0.05) is 16.1 Å². The summed E-state index contributed by atoms with van der Waals surface area (Å²) < 4.78 is 22.4. The molecule has 0 aliphatic rings. The van der Waals surface area contributed by atoms with Gasteiger partial charge in [-0.3, -0.25) is 0 Å². The Morgan fingerprint density at radius 1 is 1.07 bits per heavy atom.